The molecule has 0 aromatic heterocycles. The summed E-state index contributed by atoms with van der Waals surface area (Å²) in [4.78, 5) is 13.6. The third-order valence-electron chi connectivity index (χ3n) is 2.19. The zero-order valence-corrected chi connectivity index (χ0v) is 10.4. The average Bonchev–Trinajstić information content (AvgIpc) is 2.28. The molecule has 0 atom stereocenters. The SMILES string of the molecule is CC(C)(CCl)C(=O)N(CCC#N)CCC#N. The standard InChI is InChI=1S/C11H16ClN3O/c1-11(2,9-12)10(16)15(7-3-5-13)8-4-6-14/h3-4,7-9H2,1-2H3. The molecule has 0 bridgehead atoms. The van der Waals surface area contributed by atoms with Gasteiger partial charge >= 0.3 is 0 Å². The van der Waals surface area contributed by atoms with E-state index in [-0.39, 0.29) is 24.6 Å². The summed E-state index contributed by atoms with van der Waals surface area (Å²) in [5.41, 5.74) is -0.646. The minimum Gasteiger partial charge on any atom is -0.340 e. The molecule has 0 heterocycles. The van der Waals surface area contributed by atoms with Crippen LogP contribution in [-0.4, -0.2) is 29.8 Å². The van der Waals surface area contributed by atoms with E-state index in [0.717, 1.165) is 0 Å². The lowest BCUT2D eigenvalue weighted by Gasteiger charge is -2.29. The normalized spacial score (nSPS) is 10.3. The first kappa shape index (κ1) is 14.7. The van der Waals surface area contributed by atoms with E-state index in [2.05, 4.69) is 0 Å². The number of nitriles is 2. The van der Waals surface area contributed by atoms with Gasteiger partial charge in [0.25, 0.3) is 0 Å². The van der Waals surface area contributed by atoms with Crippen LogP contribution in [0.1, 0.15) is 26.7 Å². The minimum absolute atomic E-state index is 0.104. The van der Waals surface area contributed by atoms with Crippen LogP contribution < -0.4 is 0 Å². The largest absolute Gasteiger partial charge is 0.340 e. The highest BCUT2D eigenvalue weighted by atomic mass is 35.5. The number of carbonyl (C=O) groups excluding carboxylic acids is 1. The predicted octanol–water partition coefficient (Wildman–Crippen LogP) is 1.91. The van der Waals surface area contributed by atoms with Crippen molar-refractivity contribution in [2.24, 2.45) is 5.41 Å². The van der Waals surface area contributed by atoms with Gasteiger partial charge in [-0.05, 0) is 13.8 Å². The van der Waals surface area contributed by atoms with Gasteiger partial charge in [-0.2, -0.15) is 10.5 Å². The summed E-state index contributed by atoms with van der Waals surface area (Å²) < 4.78 is 0. The van der Waals surface area contributed by atoms with Crippen molar-refractivity contribution in [3.63, 3.8) is 0 Å². The summed E-state index contributed by atoms with van der Waals surface area (Å²) in [5.74, 6) is 0.120. The van der Waals surface area contributed by atoms with Gasteiger partial charge in [-0.1, -0.05) is 0 Å². The molecule has 0 saturated heterocycles. The Kier molecular flexibility index (Phi) is 6.53. The van der Waals surface area contributed by atoms with Crippen molar-refractivity contribution >= 4 is 17.5 Å². The highest BCUT2D eigenvalue weighted by Crippen LogP contribution is 2.20. The third kappa shape index (κ3) is 4.51. The Balaban J connectivity index is 4.57. The lowest BCUT2D eigenvalue weighted by molar-refractivity contribution is -0.139. The molecular formula is C11H16ClN3O. The van der Waals surface area contributed by atoms with Crippen LogP contribution in [0.2, 0.25) is 0 Å². The first-order valence-corrected chi connectivity index (χ1v) is 5.62. The summed E-state index contributed by atoms with van der Waals surface area (Å²) in [6, 6.07) is 3.98. The fourth-order valence-corrected chi connectivity index (χ4v) is 1.28. The lowest BCUT2D eigenvalue weighted by atomic mass is 9.94. The molecule has 0 rings (SSSR count). The second-order valence-electron chi connectivity index (χ2n) is 4.13. The second-order valence-corrected chi connectivity index (χ2v) is 4.39. The number of hydrogen-bond donors (Lipinski definition) is 0. The molecule has 0 saturated carbocycles. The maximum atomic E-state index is 12.0. The first-order chi connectivity index (χ1) is 7.49. The molecule has 0 aromatic rings. The summed E-state index contributed by atoms with van der Waals surface area (Å²) in [6.07, 6.45) is 0.547. The van der Waals surface area contributed by atoms with E-state index in [4.69, 9.17) is 22.1 Å². The van der Waals surface area contributed by atoms with E-state index in [1.165, 1.54) is 4.90 Å². The molecule has 0 aromatic carbocycles. The molecule has 0 aliphatic rings. The predicted molar refractivity (Wildman–Crippen MR) is 61.5 cm³/mol. The molecular weight excluding hydrogens is 226 g/mol. The number of hydrogen-bond acceptors (Lipinski definition) is 3. The van der Waals surface area contributed by atoms with Crippen molar-refractivity contribution in [2.75, 3.05) is 19.0 Å². The Labute approximate surface area is 101 Å². The van der Waals surface area contributed by atoms with Gasteiger partial charge in [-0.25, -0.2) is 0 Å². The molecule has 0 fully saturated rings. The molecule has 0 spiro atoms. The number of halogens is 1. The molecule has 0 aliphatic carbocycles. The lowest BCUT2D eigenvalue weighted by Crippen LogP contribution is -2.42. The fourth-order valence-electron chi connectivity index (χ4n) is 1.17. The van der Waals surface area contributed by atoms with Crippen LogP contribution in [0, 0.1) is 28.1 Å². The highest BCUT2D eigenvalue weighted by Gasteiger charge is 2.30. The average molecular weight is 242 g/mol. The summed E-state index contributed by atoms with van der Waals surface area (Å²) in [5, 5.41) is 17.0. The molecule has 5 heteroatoms. The number of amides is 1. The van der Waals surface area contributed by atoms with Gasteiger partial charge in [-0.15, -0.1) is 11.6 Å². The first-order valence-electron chi connectivity index (χ1n) is 5.09. The van der Waals surface area contributed by atoms with E-state index in [0.29, 0.717) is 13.1 Å². The molecule has 0 N–H and O–H groups in total. The van der Waals surface area contributed by atoms with Crippen molar-refractivity contribution < 1.29 is 4.79 Å². The smallest absolute Gasteiger partial charge is 0.229 e. The van der Waals surface area contributed by atoms with Gasteiger partial charge in [-0.3, -0.25) is 4.79 Å². The van der Waals surface area contributed by atoms with Gasteiger partial charge in [0, 0.05) is 19.0 Å². The molecule has 1 amide bonds. The van der Waals surface area contributed by atoms with E-state index >= 15 is 0 Å². The van der Waals surface area contributed by atoms with E-state index < -0.39 is 5.41 Å². The Bertz CT molecular complexity index is 296. The van der Waals surface area contributed by atoms with E-state index in [1.54, 1.807) is 13.8 Å². The molecule has 88 valence electrons. The molecule has 0 aliphatic heterocycles. The van der Waals surface area contributed by atoms with Crippen molar-refractivity contribution in [3.05, 3.63) is 0 Å². The Morgan fingerprint density at radius 3 is 2.00 bits per heavy atom. The van der Waals surface area contributed by atoms with Crippen molar-refractivity contribution in [1.82, 2.24) is 4.90 Å². The van der Waals surface area contributed by atoms with Crippen LogP contribution in [0.15, 0.2) is 0 Å². The van der Waals surface area contributed by atoms with Crippen LogP contribution in [0.3, 0.4) is 0 Å². The monoisotopic (exact) mass is 241 g/mol. The Hall–Kier alpha value is -1.26. The molecule has 0 unspecified atom stereocenters. The van der Waals surface area contributed by atoms with Crippen LogP contribution in [0.4, 0.5) is 0 Å². The van der Waals surface area contributed by atoms with Crippen LogP contribution in [0.25, 0.3) is 0 Å². The van der Waals surface area contributed by atoms with Gasteiger partial charge in [0.1, 0.15) is 0 Å². The zero-order chi connectivity index (χ0) is 12.6. The van der Waals surface area contributed by atoms with E-state index in [9.17, 15) is 4.79 Å². The maximum Gasteiger partial charge on any atom is 0.229 e. The zero-order valence-electron chi connectivity index (χ0n) is 9.66. The molecule has 4 nitrogen and oxygen atoms in total. The van der Waals surface area contributed by atoms with Crippen molar-refractivity contribution in [1.29, 1.82) is 10.5 Å². The summed E-state index contributed by atoms with van der Waals surface area (Å²) >= 11 is 5.72. The van der Waals surface area contributed by atoms with Crippen LogP contribution in [0.5, 0.6) is 0 Å². The summed E-state index contributed by atoms with van der Waals surface area (Å²) in [7, 11) is 0. The number of alkyl halides is 1. The van der Waals surface area contributed by atoms with Crippen molar-refractivity contribution in [2.45, 2.75) is 26.7 Å². The Morgan fingerprint density at radius 2 is 1.69 bits per heavy atom. The number of nitrogens with zero attached hydrogens (tertiary/aromatic N) is 3. The number of rotatable bonds is 6. The highest BCUT2D eigenvalue weighted by molar-refractivity contribution is 6.19. The van der Waals surface area contributed by atoms with Gasteiger partial charge in [0.05, 0.1) is 30.4 Å². The fraction of sp³-hybridized carbons (Fsp3) is 0.727. The molecule has 16 heavy (non-hydrogen) atoms. The summed E-state index contributed by atoms with van der Waals surface area (Å²) in [6.45, 7) is 4.23. The third-order valence-corrected chi connectivity index (χ3v) is 2.86. The minimum atomic E-state index is -0.646. The second kappa shape index (κ2) is 7.09. The van der Waals surface area contributed by atoms with Crippen LogP contribution in [-0.2, 0) is 4.79 Å². The Morgan fingerprint density at radius 1 is 1.25 bits per heavy atom. The topological polar surface area (TPSA) is 67.9 Å². The van der Waals surface area contributed by atoms with Crippen molar-refractivity contribution in [3.8, 4) is 12.1 Å². The molecule has 0 radical (unpaired) electrons. The van der Waals surface area contributed by atoms with E-state index in [1.807, 2.05) is 12.1 Å². The number of carbonyl (C=O) groups is 1. The van der Waals surface area contributed by atoms with Gasteiger partial charge < -0.3 is 4.90 Å². The van der Waals surface area contributed by atoms with Gasteiger partial charge in [0.2, 0.25) is 5.91 Å². The maximum absolute atomic E-state index is 12.0. The quantitative estimate of drug-likeness (QED) is 0.667. The van der Waals surface area contributed by atoms with Gasteiger partial charge in [0.15, 0.2) is 0 Å². The van der Waals surface area contributed by atoms with Crippen LogP contribution >= 0.6 is 11.6 Å².